The fraction of sp³-hybridized carbons (Fsp3) is 0.643. The van der Waals surface area contributed by atoms with Crippen LogP contribution in [-0.2, 0) is 24.8 Å². The minimum atomic E-state index is -1.01. The van der Waals surface area contributed by atoms with E-state index in [9.17, 15) is 9.59 Å². The quantitative estimate of drug-likeness (QED) is 0.795. The monoisotopic (exact) mass is 296 g/mol. The number of nitrogens with zero attached hydrogens (tertiary/aromatic N) is 3. The largest absolute Gasteiger partial charge is 0.480 e. The zero-order chi connectivity index (χ0) is 16.0. The Kier molecular flexibility index (Phi) is 6.20. The molecular formula is C14H24N4O3. The molecule has 1 aromatic rings. The molecule has 0 bridgehead atoms. The number of carboxylic acid groups (broad SMARTS) is 1. The summed E-state index contributed by atoms with van der Waals surface area (Å²) in [6, 6.07) is -0.488. The topological polar surface area (TPSA) is 87.5 Å². The molecule has 0 aromatic carbocycles. The van der Waals surface area contributed by atoms with E-state index in [4.69, 9.17) is 5.11 Å². The van der Waals surface area contributed by atoms with Gasteiger partial charge in [-0.25, -0.2) is 4.79 Å². The molecule has 118 valence electrons. The molecule has 7 heteroatoms. The third kappa shape index (κ3) is 4.77. The van der Waals surface area contributed by atoms with Crippen molar-refractivity contribution in [3.8, 4) is 0 Å². The highest BCUT2D eigenvalue weighted by Crippen LogP contribution is 2.08. The lowest BCUT2D eigenvalue weighted by Gasteiger charge is -2.27. The van der Waals surface area contributed by atoms with Crippen LogP contribution in [0.4, 0.5) is 4.79 Å². The maximum atomic E-state index is 12.2. The average molecular weight is 296 g/mol. The molecule has 0 spiro atoms. The molecule has 0 aliphatic rings. The summed E-state index contributed by atoms with van der Waals surface area (Å²) in [7, 11) is 1.83. The van der Waals surface area contributed by atoms with E-state index in [2.05, 4.69) is 10.4 Å². The summed E-state index contributed by atoms with van der Waals surface area (Å²) in [4.78, 5) is 24.4. The number of rotatable bonds is 7. The van der Waals surface area contributed by atoms with Crippen molar-refractivity contribution in [2.45, 2.75) is 46.2 Å². The van der Waals surface area contributed by atoms with E-state index in [1.807, 2.05) is 34.0 Å². The van der Waals surface area contributed by atoms with Gasteiger partial charge >= 0.3 is 12.0 Å². The number of carbonyl (C=O) groups excluding carboxylic acids is 1. The van der Waals surface area contributed by atoms with Crippen molar-refractivity contribution >= 4 is 12.0 Å². The van der Waals surface area contributed by atoms with E-state index in [0.717, 1.165) is 17.7 Å². The fourth-order valence-electron chi connectivity index (χ4n) is 2.10. The summed E-state index contributed by atoms with van der Waals surface area (Å²) in [5, 5.41) is 16.0. The minimum absolute atomic E-state index is 0.124. The van der Waals surface area contributed by atoms with Crippen molar-refractivity contribution in [3.05, 3.63) is 17.5 Å². The van der Waals surface area contributed by atoms with Crippen LogP contribution in [0.5, 0.6) is 0 Å². The number of hydrogen-bond acceptors (Lipinski definition) is 3. The Bertz CT molecular complexity index is 498. The van der Waals surface area contributed by atoms with E-state index >= 15 is 0 Å². The van der Waals surface area contributed by atoms with Gasteiger partial charge in [-0.1, -0.05) is 13.8 Å². The van der Waals surface area contributed by atoms with Crippen molar-refractivity contribution in [1.82, 2.24) is 20.0 Å². The molecule has 1 rings (SSSR count). The van der Waals surface area contributed by atoms with E-state index in [-0.39, 0.29) is 18.6 Å². The van der Waals surface area contributed by atoms with Gasteiger partial charge in [-0.05, 0) is 19.8 Å². The molecule has 1 heterocycles. The molecule has 0 radical (unpaired) electrons. The Balaban J connectivity index is 2.70. The van der Waals surface area contributed by atoms with E-state index in [1.54, 1.807) is 4.68 Å². The lowest BCUT2D eigenvalue weighted by atomic mass is 10.2. The number of nitrogens with one attached hydrogen (secondary N) is 1. The molecule has 0 aliphatic heterocycles. The van der Waals surface area contributed by atoms with Gasteiger partial charge in [-0.2, -0.15) is 5.10 Å². The SMILES string of the molecule is CCc1nn(C)cc1CNC(=O)N(CC(=O)O)C(C)CC. The number of aliphatic carboxylic acids is 1. The van der Waals surface area contributed by atoms with Gasteiger partial charge in [0.1, 0.15) is 6.54 Å². The molecule has 7 nitrogen and oxygen atoms in total. The number of carboxylic acids is 1. The predicted octanol–water partition coefficient (Wildman–Crippen LogP) is 1.38. The first kappa shape index (κ1) is 17.0. The van der Waals surface area contributed by atoms with Gasteiger partial charge in [0.25, 0.3) is 0 Å². The van der Waals surface area contributed by atoms with Crippen LogP contribution in [0.2, 0.25) is 0 Å². The van der Waals surface area contributed by atoms with E-state index in [1.165, 1.54) is 4.90 Å². The minimum Gasteiger partial charge on any atom is -0.480 e. The van der Waals surface area contributed by atoms with Crippen LogP contribution in [0.1, 0.15) is 38.4 Å². The number of amides is 2. The van der Waals surface area contributed by atoms with Gasteiger partial charge in [-0.15, -0.1) is 0 Å². The smallest absolute Gasteiger partial charge is 0.323 e. The number of hydrogen-bond donors (Lipinski definition) is 2. The summed E-state index contributed by atoms with van der Waals surface area (Å²) in [5.41, 5.74) is 1.89. The highest BCUT2D eigenvalue weighted by molar-refractivity contribution is 5.80. The molecule has 1 aromatic heterocycles. The second kappa shape index (κ2) is 7.66. The van der Waals surface area contributed by atoms with Crippen LogP contribution in [-0.4, -0.2) is 44.4 Å². The van der Waals surface area contributed by atoms with Crippen molar-refractivity contribution < 1.29 is 14.7 Å². The predicted molar refractivity (Wildman–Crippen MR) is 78.9 cm³/mol. The summed E-state index contributed by atoms with van der Waals surface area (Å²) in [5.74, 6) is -1.01. The third-order valence-electron chi connectivity index (χ3n) is 3.45. The van der Waals surface area contributed by atoms with Gasteiger partial charge in [0.2, 0.25) is 0 Å². The lowest BCUT2D eigenvalue weighted by Crippen LogP contribution is -2.47. The van der Waals surface area contributed by atoms with Crippen LogP contribution < -0.4 is 5.32 Å². The molecule has 1 atom stereocenters. The standard InChI is InChI=1S/C14H24N4O3/c1-5-10(3)18(9-13(19)20)14(21)15-7-11-8-17(4)16-12(11)6-2/h8,10H,5-7,9H2,1-4H3,(H,15,21)(H,19,20). The summed E-state index contributed by atoms with van der Waals surface area (Å²) in [6.07, 6.45) is 3.36. The van der Waals surface area contributed by atoms with E-state index in [0.29, 0.717) is 13.0 Å². The Hall–Kier alpha value is -2.05. The first-order valence-electron chi connectivity index (χ1n) is 7.16. The Morgan fingerprint density at radius 1 is 1.48 bits per heavy atom. The fourth-order valence-corrected chi connectivity index (χ4v) is 2.10. The van der Waals surface area contributed by atoms with Crippen molar-refractivity contribution in [2.75, 3.05) is 6.54 Å². The number of carbonyl (C=O) groups is 2. The Morgan fingerprint density at radius 2 is 2.14 bits per heavy atom. The van der Waals surface area contributed by atoms with Crippen molar-refractivity contribution in [1.29, 1.82) is 0 Å². The van der Waals surface area contributed by atoms with Crippen molar-refractivity contribution in [3.63, 3.8) is 0 Å². The second-order valence-corrected chi connectivity index (χ2v) is 5.07. The van der Waals surface area contributed by atoms with Crippen LogP contribution >= 0.6 is 0 Å². The first-order valence-corrected chi connectivity index (χ1v) is 7.16. The summed E-state index contributed by atoms with van der Waals surface area (Å²) < 4.78 is 1.71. The van der Waals surface area contributed by atoms with Crippen LogP contribution in [0.3, 0.4) is 0 Å². The number of urea groups is 1. The maximum Gasteiger partial charge on any atom is 0.323 e. The Morgan fingerprint density at radius 3 is 2.67 bits per heavy atom. The first-order chi connectivity index (χ1) is 9.88. The molecule has 0 saturated carbocycles. The highest BCUT2D eigenvalue weighted by atomic mass is 16.4. The Labute approximate surface area is 124 Å². The van der Waals surface area contributed by atoms with Crippen LogP contribution in [0.15, 0.2) is 6.20 Å². The number of aromatic nitrogens is 2. The molecule has 2 N–H and O–H groups in total. The van der Waals surface area contributed by atoms with E-state index < -0.39 is 5.97 Å². The van der Waals surface area contributed by atoms with Gasteiger partial charge in [-0.3, -0.25) is 9.48 Å². The second-order valence-electron chi connectivity index (χ2n) is 5.07. The molecule has 0 aliphatic carbocycles. The molecule has 0 saturated heterocycles. The van der Waals surface area contributed by atoms with Gasteiger partial charge in [0.05, 0.1) is 5.69 Å². The van der Waals surface area contributed by atoms with Crippen LogP contribution in [0.25, 0.3) is 0 Å². The average Bonchev–Trinajstić information content (AvgIpc) is 2.81. The normalized spacial score (nSPS) is 12.0. The summed E-state index contributed by atoms with van der Waals surface area (Å²) in [6.45, 7) is 5.81. The number of aryl methyl sites for hydroxylation is 2. The van der Waals surface area contributed by atoms with Gasteiger partial charge in [0.15, 0.2) is 0 Å². The van der Waals surface area contributed by atoms with Gasteiger partial charge in [0, 0.05) is 31.4 Å². The molecule has 2 amide bonds. The van der Waals surface area contributed by atoms with Gasteiger partial charge < -0.3 is 15.3 Å². The third-order valence-corrected chi connectivity index (χ3v) is 3.45. The highest BCUT2D eigenvalue weighted by Gasteiger charge is 2.21. The molecular weight excluding hydrogens is 272 g/mol. The molecule has 1 unspecified atom stereocenters. The van der Waals surface area contributed by atoms with Crippen molar-refractivity contribution in [2.24, 2.45) is 7.05 Å². The molecule has 21 heavy (non-hydrogen) atoms. The molecule has 0 fully saturated rings. The lowest BCUT2D eigenvalue weighted by molar-refractivity contribution is -0.138. The zero-order valence-electron chi connectivity index (χ0n) is 13.1. The maximum absolute atomic E-state index is 12.2. The van der Waals surface area contributed by atoms with Crippen LogP contribution in [0, 0.1) is 0 Å². The summed E-state index contributed by atoms with van der Waals surface area (Å²) >= 11 is 0. The zero-order valence-corrected chi connectivity index (χ0v) is 13.1.